The molecule has 1 saturated carbocycles. The quantitative estimate of drug-likeness (QED) is 0.803. The van der Waals surface area contributed by atoms with Crippen LogP contribution >= 0.6 is 0 Å². The molecule has 1 amide bonds. The number of nitrogens with zero attached hydrogens (tertiary/aromatic N) is 1. The molecule has 2 aliphatic rings. The Labute approximate surface area is 161 Å². The molecule has 1 aliphatic carbocycles. The van der Waals surface area contributed by atoms with Crippen LogP contribution in [-0.2, 0) is 14.8 Å². The summed E-state index contributed by atoms with van der Waals surface area (Å²) in [6, 6.07) is 6.30. The average molecular weight is 397 g/mol. The van der Waals surface area contributed by atoms with Crippen LogP contribution in [0.3, 0.4) is 0 Å². The van der Waals surface area contributed by atoms with Gasteiger partial charge in [-0.25, -0.2) is 17.1 Å². The van der Waals surface area contributed by atoms with E-state index in [0.29, 0.717) is 31.8 Å². The van der Waals surface area contributed by atoms with Gasteiger partial charge in [-0.05, 0) is 56.2 Å². The zero-order valence-electron chi connectivity index (χ0n) is 15.9. The molecule has 1 N–H and O–H groups in total. The minimum Gasteiger partial charge on any atom is -0.349 e. The lowest BCUT2D eigenvalue weighted by molar-refractivity contribution is -0.127. The molecule has 7 heteroatoms. The smallest absolute Gasteiger partial charge is 0.223 e. The van der Waals surface area contributed by atoms with Crippen molar-refractivity contribution in [3.8, 4) is 0 Å². The van der Waals surface area contributed by atoms with E-state index in [4.69, 9.17) is 0 Å². The van der Waals surface area contributed by atoms with Gasteiger partial charge in [-0.15, -0.1) is 0 Å². The molecule has 1 unspecified atom stereocenters. The summed E-state index contributed by atoms with van der Waals surface area (Å²) in [5, 5.41) is 3.20. The maximum absolute atomic E-state index is 13.3. The number of sulfonamides is 1. The molecule has 0 radical (unpaired) electrons. The van der Waals surface area contributed by atoms with Gasteiger partial charge >= 0.3 is 0 Å². The second kappa shape index (κ2) is 8.69. The first-order valence-corrected chi connectivity index (χ1v) is 11.6. The van der Waals surface area contributed by atoms with Gasteiger partial charge in [-0.1, -0.05) is 25.0 Å². The van der Waals surface area contributed by atoms with E-state index < -0.39 is 10.0 Å². The van der Waals surface area contributed by atoms with Crippen molar-refractivity contribution < 1.29 is 17.6 Å². The number of carbonyl (C=O) groups is 1. The zero-order valence-corrected chi connectivity index (χ0v) is 16.7. The van der Waals surface area contributed by atoms with Crippen LogP contribution in [0.1, 0.15) is 57.1 Å². The van der Waals surface area contributed by atoms with Crippen LogP contribution in [0, 0.1) is 17.7 Å². The average Bonchev–Trinajstić information content (AvgIpc) is 3.21. The first-order valence-electron chi connectivity index (χ1n) is 9.94. The normalized spacial score (nSPS) is 21.3. The molecule has 0 bridgehead atoms. The second-order valence-electron chi connectivity index (χ2n) is 7.66. The van der Waals surface area contributed by atoms with Gasteiger partial charge in [0.25, 0.3) is 0 Å². The van der Waals surface area contributed by atoms with Gasteiger partial charge < -0.3 is 5.32 Å². The van der Waals surface area contributed by atoms with E-state index in [1.54, 1.807) is 19.1 Å². The summed E-state index contributed by atoms with van der Waals surface area (Å²) < 4.78 is 38.8. The lowest BCUT2D eigenvalue weighted by Gasteiger charge is -2.32. The molecule has 150 valence electrons. The third-order valence-corrected chi connectivity index (χ3v) is 7.86. The Bertz CT molecular complexity index is 737. The number of rotatable bonds is 6. The van der Waals surface area contributed by atoms with Crippen LogP contribution in [-0.4, -0.2) is 37.5 Å². The van der Waals surface area contributed by atoms with Crippen molar-refractivity contribution >= 4 is 15.9 Å². The number of hydrogen-bond acceptors (Lipinski definition) is 3. The number of halogens is 1. The molecule has 27 heavy (non-hydrogen) atoms. The van der Waals surface area contributed by atoms with Crippen molar-refractivity contribution in [2.45, 2.75) is 51.5 Å². The van der Waals surface area contributed by atoms with Crippen LogP contribution in [0.5, 0.6) is 0 Å². The summed E-state index contributed by atoms with van der Waals surface area (Å²) in [7, 11) is -3.19. The number of benzene rings is 1. The molecule has 0 aromatic heterocycles. The predicted molar refractivity (Wildman–Crippen MR) is 103 cm³/mol. The number of piperidine rings is 1. The zero-order chi connectivity index (χ0) is 19.4. The monoisotopic (exact) mass is 396 g/mol. The summed E-state index contributed by atoms with van der Waals surface area (Å²) in [6.45, 7) is 2.45. The van der Waals surface area contributed by atoms with Gasteiger partial charge in [0, 0.05) is 19.0 Å². The van der Waals surface area contributed by atoms with E-state index in [9.17, 15) is 17.6 Å². The molecular formula is C20H29FN2O3S. The molecule has 1 atom stereocenters. The highest BCUT2D eigenvalue weighted by atomic mass is 32.2. The van der Waals surface area contributed by atoms with Gasteiger partial charge in [0.05, 0.1) is 11.8 Å². The maximum atomic E-state index is 13.3. The molecule has 3 rings (SSSR count). The van der Waals surface area contributed by atoms with E-state index in [0.717, 1.165) is 31.2 Å². The van der Waals surface area contributed by atoms with Crippen LogP contribution in [0.4, 0.5) is 4.39 Å². The van der Waals surface area contributed by atoms with Crippen LogP contribution in [0.15, 0.2) is 24.3 Å². The standard InChI is InChI=1S/C20H29FN2O3S/c1-2-27(25,26)23-13-11-17(12-14-23)20(24)22-19(15-5-3-4-6-15)16-7-9-18(21)10-8-16/h7-10,15,17,19H,2-6,11-14H2,1H3,(H,22,24). The van der Waals surface area contributed by atoms with E-state index in [-0.39, 0.29) is 29.4 Å². The maximum Gasteiger partial charge on any atom is 0.223 e. The molecule has 1 aromatic carbocycles. The molecule has 1 heterocycles. The van der Waals surface area contributed by atoms with Gasteiger partial charge in [0.2, 0.25) is 15.9 Å². The fraction of sp³-hybridized carbons (Fsp3) is 0.650. The molecule has 1 saturated heterocycles. The number of carbonyl (C=O) groups excluding carboxylic acids is 1. The Morgan fingerprint density at radius 2 is 1.74 bits per heavy atom. The van der Waals surface area contributed by atoms with Crippen LogP contribution in [0.2, 0.25) is 0 Å². The van der Waals surface area contributed by atoms with Gasteiger partial charge in [0.1, 0.15) is 5.82 Å². The van der Waals surface area contributed by atoms with Crippen molar-refractivity contribution in [3.05, 3.63) is 35.6 Å². The Balaban J connectivity index is 1.65. The van der Waals surface area contributed by atoms with Crippen LogP contribution < -0.4 is 5.32 Å². The lowest BCUT2D eigenvalue weighted by Crippen LogP contribution is -2.44. The Hall–Kier alpha value is -1.47. The van der Waals surface area contributed by atoms with Crippen molar-refractivity contribution in [1.29, 1.82) is 0 Å². The molecule has 2 fully saturated rings. The number of amides is 1. The summed E-state index contributed by atoms with van der Waals surface area (Å²) in [5.41, 5.74) is 0.947. The van der Waals surface area contributed by atoms with Crippen molar-refractivity contribution in [2.75, 3.05) is 18.8 Å². The third kappa shape index (κ3) is 4.88. The minimum atomic E-state index is -3.19. The molecule has 1 aliphatic heterocycles. The van der Waals surface area contributed by atoms with Gasteiger partial charge in [-0.3, -0.25) is 4.79 Å². The topological polar surface area (TPSA) is 66.5 Å². The van der Waals surface area contributed by atoms with Crippen molar-refractivity contribution in [1.82, 2.24) is 9.62 Å². The number of hydrogen-bond donors (Lipinski definition) is 1. The molecular weight excluding hydrogens is 367 g/mol. The molecule has 0 spiro atoms. The summed E-state index contributed by atoms with van der Waals surface area (Å²) in [6.07, 6.45) is 5.54. The third-order valence-electron chi connectivity index (χ3n) is 5.98. The second-order valence-corrected chi connectivity index (χ2v) is 9.91. The van der Waals surface area contributed by atoms with E-state index in [2.05, 4.69) is 5.32 Å². The Morgan fingerprint density at radius 1 is 1.15 bits per heavy atom. The summed E-state index contributed by atoms with van der Waals surface area (Å²) in [4.78, 5) is 12.9. The predicted octanol–water partition coefficient (Wildman–Crippen LogP) is 3.23. The van der Waals surface area contributed by atoms with E-state index >= 15 is 0 Å². The summed E-state index contributed by atoms with van der Waals surface area (Å²) in [5.74, 6) is 0.0141. The molecule has 5 nitrogen and oxygen atoms in total. The van der Waals surface area contributed by atoms with Crippen LogP contribution in [0.25, 0.3) is 0 Å². The van der Waals surface area contributed by atoms with E-state index in [1.165, 1.54) is 16.4 Å². The highest BCUT2D eigenvalue weighted by molar-refractivity contribution is 7.89. The minimum absolute atomic E-state index is 0.00947. The highest BCUT2D eigenvalue weighted by Gasteiger charge is 2.33. The fourth-order valence-corrected chi connectivity index (χ4v) is 5.42. The van der Waals surface area contributed by atoms with Crippen molar-refractivity contribution in [2.24, 2.45) is 11.8 Å². The summed E-state index contributed by atoms with van der Waals surface area (Å²) >= 11 is 0. The molecule has 1 aromatic rings. The lowest BCUT2D eigenvalue weighted by atomic mass is 9.90. The van der Waals surface area contributed by atoms with Gasteiger partial charge in [0.15, 0.2) is 0 Å². The fourth-order valence-electron chi connectivity index (χ4n) is 4.28. The van der Waals surface area contributed by atoms with Gasteiger partial charge in [-0.2, -0.15) is 0 Å². The SMILES string of the molecule is CCS(=O)(=O)N1CCC(C(=O)NC(c2ccc(F)cc2)C2CCCC2)CC1. The Kier molecular flexibility index (Phi) is 6.52. The van der Waals surface area contributed by atoms with Crippen molar-refractivity contribution in [3.63, 3.8) is 0 Å². The number of nitrogens with one attached hydrogen (secondary N) is 1. The first-order chi connectivity index (χ1) is 12.9. The largest absolute Gasteiger partial charge is 0.349 e. The first kappa shape index (κ1) is 20.3. The van der Waals surface area contributed by atoms with E-state index in [1.807, 2.05) is 0 Å². The highest BCUT2D eigenvalue weighted by Crippen LogP contribution is 2.36. The Morgan fingerprint density at radius 3 is 2.30 bits per heavy atom.